The highest BCUT2D eigenvalue weighted by Crippen LogP contribution is 2.23. The molecule has 0 aliphatic rings. The predicted molar refractivity (Wildman–Crippen MR) is 62.5 cm³/mol. The van der Waals surface area contributed by atoms with Crippen molar-refractivity contribution in [3.8, 4) is 5.75 Å². The van der Waals surface area contributed by atoms with E-state index in [0.29, 0.717) is 6.61 Å². The molecule has 2 heterocycles. The fourth-order valence-corrected chi connectivity index (χ4v) is 2.05. The molecule has 0 aliphatic heterocycles. The number of para-hydroxylation sites is 1. The van der Waals surface area contributed by atoms with Gasteiger partial charge in [-0.05, 0) is 12.1 Å². The number of benzene rings is 1. The van der Waals surface area contributed by atoms with Gasteiger partial charge in [0.15, 0.2) is 0 Å². The van der Waals surface area contributed by atoms with Crippen LogP contribution in [-0.4, -0.2) is 15.0 Å². The first kappa shape index (κ1) is 9.35. The molecule has 3 aromatic rings. The van der Waals surface area contributed by atoms with E-state index in [1.807, 2.05) is 23.6 Å². The van der Waals surface area contributed by atoms with Crippen molar-refractivity contribution in [2.24, 2.45) is 0 Å². The van der Waals surface area contributed by atoms with Crippen LogP contribution in [0, 0.1) is 0 Å². The summed E-state index contributed by atoms with van der Waals surface area (Å²) < 4.78 is 5.69. The largest absolute Gasteiger partial charge is 0.484 e. The fourth-order valence-electron chi connectivity index (χ4n) is 1.52. The van der Waals surface area contributed by atoms with Gasteiger partial charge in [-0.25, -0.2) is 9.97 Å². The normalized spacial score (nSPS) is 10.8. The van der Waals surface area contributed by atoms with Gasteiger partial charge in [0.25, 0.3) is 0 Å². The molecule has 80 valence electrons. The lowest BCUT2D eigenvalue weighted by atomic mass is 10.3. The standard InChI is InChI=1S/C11H9N3OS/c1-2-8-11(14-7-13-8)9(3-1)15-6-10-12-4-5-16-10/h1-5,7H,6H2,(H,13,14). The van der Waals surface area contributed by atoms with Crippen molar-refractivity contribution in [1.82, 2.24) is 15.0 Å². The van der Waals surface area contributed by atoms with Gasteiger partial charge < -0.3 is 9.72 Å². The van der Waals surface area contributed by atoms with Gasteiger partial charge in [-0.3, -0.25) is 0 Å². The zero-order chi connectivity index (χ0) is 10.8. The Morgan fingerprint density at radius 3 is 3.19 bits per heavy atom. The number of nitrogens with zero attached hydrogens (tertiary/aromatic N) is 2. The number of hydrogen-bond acceptors (Lipinski definition) is 4. The zero-order valence-electron chi connectivity index (χ0n) is 8.38. The Hall–Kier alpha value is -1.88. The first-order chi connectivity index (χ1) is 7.93. The van der Waals surface area contributed by atoms with Crippen molar-refractivity contribution >= 4 is 22.4 Å². The molecule has 0 spiro atoms. The molecule has 0 saturated heterocycles. The number of fused-ring (bicyclic) bond motifs is 1. The Morgan fingerprint density at radius 1 is 1.31 bits per heavy atom. The molecule has 1 N–H and O–H groups in total. The van der Waals surface area contributed by atoms with E-state index in [-0.39, 0.29) is 0 Å². The molecule has 5 heteroatoms. The molecule has 16 heavy (non-hydrogen) atoms. The van der Waals surface area contributed by atoms with Gasteiger partial charge >= 0.3 is 0 Å². The number of hydrogen-bond donors (Lipinski definition) is 1. The van der Waals surface area contributed by atoms with Gasteiger partial charge in [0, 0.05) is 11.6 Å². The van der Waals surface area contributed by atoms with Crippen molar-refractivity contribution in [2.75, 3.05) is 0 Å². The Kier molecular flexibility index (Phi) is 2.30. The van der Waals surface area contributed by atoms with Crippen LogP contribution in [0.15, 0.2) is 36.1 Å². The van der Waals surface area contributed by atoms with Crippen LogP contribution < -0.4 is 4.74 Å². The van der Waals surface area contributed by atoms with Crippen LogP contribution in [0.1, 0.15) is 5.01 Å². The maximum absolute atomic E-state index is 5.69. The molecular weight excluding hydrogens is 222 g/mol. The summed E-state index contributed by atoms with van der Waals surface area (Å²) in [5, 5.41) is 2.90. The summed E-state index contributed by atoms with van der Waals surface area (Å²) in [7, 11) is 0. The number of thiazole rings is 1. The van der Waals surface area contributed by atoms with E-state index in [2.05, 4.69) is 15.0 Å². The fraction of sp³-hybridized carbons (Fsp3) is 0.0909. The van der Waals surface area contributed by atoms with Crippen LogP contribution in [0.2, 0.25) is 0 Å². The number of rotatable bonds is 3. The van der Waals surface area contributed by atoms with Crippen molar-refractivity contribution in [3.63, 3.8) is 0 Å². The second-order valence-electron chi connectivity index (χ2n) is 3.27. The van der Waals surface area contributed by atoms with Crippen molar-refractivity contribution in [3.05, 3.63) is 41.1 Å². The van der Waals surface area contributed by atoms with Crippen LogP contribution in [-0.2, 0) is 6.61 Å². The average Bonchev–Trinajstić information content (AvgIpc) is 2.97. The van der Waals surface area contributed by atoms with Crippen LogP contribution in [0.3, 0.4) is 0 Å². The minimum atomic E-state index is 0.490. The lowest BCUT2D eigenvalue weighted by molar-refractivity contribution is 0.309. The first-order valence-corrected chi connectivity index (χ1v) is 5.75. The smallest absolute Gasteiger partial charge is 0.147 e. The summed E-state index contributed by atoms with van der Waals surface area (Å²) in [6, 6.07) is 5.83. The maximum atomic E-state index is 5.69. The highest BCUT2D eigenvalue weighted by Gasteiger charge is 2.04. The van der Waals surface area contributed by atoms with E-state index in [4.69, 9.17) is 4.74 Å². The number of aromatic amines is 1. The van der Waals surface area contributed by atoms with Crippen LogP contribution in [0.25, 0.3) is 11.0 Å². The highest BCUT2D eigenvalue weighted by molar-refractivity contribution is 7.09. The number of ether oxygens (including phenoxy) is 1. The second-order valence-corrected chi connectivity index (χ2v) is 4.25. The number of imidazole rings is 1. The number of nitrogens with one attached hydrogen (secondary N) is 1. The molecule has 0 fully saturated rings. The average molecular weight is 231 g/mol. The van der Waals surface area contributed by atoms with Crippen LogP contribution in [0.5, 0.6) is 5.75 Å². The summed E-state index contributed by atoms with van der Waals surface area (Å²) in [4.78, 5) is 11.4. The summed E-state index contributed by atoms with van der Waals surface area (Å²) in [6.07, 6.45) is 3.44. The summed E-state index contributed by atoms with van der Waals surface area (Å²) in [5.74, 6) is 0.786. The van der Waals surface area contributed by atoms with E-state index in [9.17, 15) is 0 Å². The molecule has 2 aromatic heterocycles. The van der Waals surface area contributed by atoms with E-state index in [0.717, 1.165) is 21.8 Å². The molecule has 0 atom stereocenters. The van der Waals surface area contributed by atoms with Crippen molar-refractivity contribution in [1.29, 1.82) is 0 Å². The predicted octanol–water partition coefficient (Wildman–Crippen LogP) is 2.60. The SMILES string of the molecule is c1cc(OCc2nccs2)c2nc[nH]c2c1. The third-order valence-electron chi connectivity index (χ3n) is 2.25. The maximum Gasteiger partial charge on any atom is 0.147 e. The lowest BCUT2D eigenvalue weighted by Crippen LogP contribution is -1.94. The van der Waals surface area contributed by atoms with Gasteiger partial charge in [0.2, 0.25) is 0 Å². The van der Waals surface area contributed by atoms with Crippen LogP contribution >= 0.6 is 11.3 Å². The first-order valence-electron chi connectivity index (χ1n) is 4.87. The van der Waals surface area contributed by atoms with Crippen molar-refractivity contribution < 1.29 is 4.74 Å². The third kappa shape index (κ3) is 1.65. The molecule has 0 bridgehead atoms. The van der Waals surface area contributed by atoms with Crippen LogP contribution in [0.4, 0.5) is 0 Å². The van der Waals surface area contributed by atoms with Gasteiger partial charge in [-0.2, -0.15) is 0 Å². The molecule has 3 rings (SSSR count). The van der Waals surface area contributed by atoms with Crippen molar-refractivity contribution in [2.45, 2.75) is 6.61 Å². The second kappa shape index (κ2) is 3.94. The minimum absolute atomic E-state index is 0.490. The summed E-state index contributed by atoms with van der Waals surface area (Å²) >= 11 is 1.59. The third-order valence-corrected chi connectivity index (χ3v) is 3.00. The molecule has 1 aromatic carbocycles. The topological polar surface area (TPSA) is 50.8 Å². The number of H-pyrrole nitrogens is 1. The summed E-state index contributed by atoms with van der Waals surface area (Å²) in [6.45, 7) is 0.490. The molecule has 0 amide bonds. The Bertz CT molecular complexity index is 588. The van der Waals surface area contributed by atoms with E-state index >= 15 is 0 Å². The van der Waals surface area contributed by atoms with E-state index in [1.165, 1.54) is 0 Å². The molecular formula is C11H9N3OS. The summed E-state index contributed by atoms with van der Waals surface area (Å²) in [5.41, 5.74) is 1.84. The highest BCUT2D eigenvalue weighted by atomic mass is 32.1. The van der Waals surface area contributed by atoms with E-state index < -0.39 is 0 Å². The Balaban J connectivity index is 1.86. The Morgan fingerprint density at radius 2 is 2.31 bits per heavy atom. The zero-order valence-corrected chi connectivity index (χ0v) is 9.20. The lowest BCUT2D eigenvalue weighted by Gasteiger charge is -2.03. The van der Waals surface area contributed by atoms with Gasteiger partial charge in [-0.15, -0.1) is 11.3 Å². The monoisotopic (exact) mass is 231 g/mol. The molecule has 0 saturated carbocycles. The quantitative estimate of drug-likeness (QED) is 0.753. The molecule has 0 unspecified atom stereocenters. The van der Waals surface area contributed by atoms with Gasteiger partial charge in [0.05, 0.1) is 11.8 Å². The van der Waals surface area contributed by atoms with Gasteiger partial charge in [-0.1, -0.05) is 6.07 Å². The Labute approximate surface area is 95.9 Å². The van der Waals surface area contributed by atoms with E-state index in [1.54, 1.807) is 23.9 Å². The van der Waals surface area contributed by atoms with Gasteiger partial charge in [0.1, 0.15) is 22.9 Å². The number of aromatic nitrogens is 3. The minimum Gasteiger partial charge on any atom is -0.484 e. The molecule has 4 nitrogen and oxygen atoms in total. The molecule has 0 radical (unpaired) electrons. The molecule has 0 aliphatic carbocycles.